The molecule has 1 aliphatic heterocycles. The number of nitriles is 1. The van der Waals surface area contributed by atoms with E-state index in [0.29, 0.717) is 18.1 Å². The number of ether oxygens (including phenoxy) is 1. The Hall–Kier alpha value is -3.73. The first-order chi connectivity index (χ1) is 14.6. The number of aryl methyl sites for hydroxylation is 1. The van der Waals surface area contributed by atoms with Gasteiger partial charge >= 0.3 is 6.01 Å². The van der Waals surface area contributed by atoms with Gasteiger partial charge in [-0.15, -0.1) is 0 Å². The lowest BCUT2D eigenvalue weighted by atomic mass is 10.0. The molecule has 160 valence electrons. The number of methoxy groups -OCH3 is 1. The van der Waals surface area contributed by atoms with Crippen LogP contribution in [0.5, 0.6) is 6.01 Å². The Balaban J connectivity index is 0.00000272. The average molecular weight is 418 g/mol. The topological polar surface area (TPSA) is 99.9 Å². The Morgan fingerprint density at radius 2 is 1.97 bits per heavy atom. The number of hydrogen-bond donors (Lipinski definition) is 1. The van der Waals surface area contributed by atoms with Crippen LogP contribution < -0.4 is 15.0 Å². The molecule has 0 spiro atoms. The molecule has 3 heterocycles. The van der Waals surface area contributed by atoms with Gasteiger partial charge in [0.05, 0.1) is 30.1 Å². The van der Waals surface area contributed by atoms with Gasteiger partial charge in [-0.05, 0) is 31.5 Å². The van der Waals surface area contributed by atoms with Crippen LogP contribution in [0.25, 0.3) is 0 Å². The largest absolute Gasteiger partial charge is 0.467 e. The van der Waals surface area contributed by atoms with Crippen molar-refractivity contribution in [2.75, 3.05) is 23.9 Å². The molecule has 31 heavy (non-hydrogen) atoms. The van der Waals surface area contributed by atoms with Crippen molar-refractivity contribution in [2.24, 2.45) is 0 Å². The minimum absolute atomic E-state index is 0. The van der Waals surface area contributed by atoms with Gasteiger partial charge in [-0.2, -0.15) is 5.26 Å². The molecule has 8 nitrogen and oxygen atoms in total. The minimum Gasteiger partial charge on any atom is -0.467 e. The highest BCUT2D eigenvalue weighted by molar-refractivity contribution is 5.63. The van der Waals surface area contributed by atoms with Crippen LogP contribution in [0.3, 0.4) is 0 Å². The lowest BCUT2D eigenvalue weighted by Gasteiger charge is -2.32. The highest BCUT2D eigenvalue weighted by Crippen LogP contribution is 2.31. The molecule has 1 aliphatic rings. The summed E-state index contributed by atoms with van der Waals surface area (Å²) < 4.78 is 5.03. The van der Waals surface area contributed by atoms with Crippen molar-refractivity contribution in [1.82, 2.24) is 19.9 Å². The van der Waals surface area contributed by atoms with E-state index in [1.54, 1.807) is 25.8 Å². The van der Waals surface area contributed by atoms with E-state index in [4.69, 9.17) is 4.74 Å². The predicted octanol–water partition coefficient (Wildman–Crippen LogP) is 3.83. The van der Waals surface area contributed by atoms with Gasteiger partial charge < -0.3 is 15.0 Å². The smallest absolute Gasteiger partial charge is 0.316 e. The molecule has 1 aromatic carbocycles. The summed E-state index contributed by atoms with van der Waals surface area (Å²) in [5.74, 6) is 0.790. The molecule has 0 fully saturated rings. The van der Waals surface area contributed by atoms with E-state index < -0.39 is 0 Å². The SMILES string of the molecule is C.COc1ncc([C@@H](C)Nc2ncnc3c2CN(c2ccc(C)cc2C#N)CC3)cn1. The van der Waals surface area contributed by atoms with E-state index in [1.165, 1.54) is 0 Å². The molecule has 1 atom stereocenters. The van der Waals surface area contributed by atoms with Crippen molar-refractivity contribution >= 4 is 11.5 Å². The second-order valence-corrected chi connectivity index (χ2v) is 7.32. The Bertz CT molecular complexity index is 1090. The summed E-state index contributed by atoms with van der Waals surface area (Å²) >= 11 is 0. The summed E-state index contributed by atoms with van der Waals surface area (Å²) in [6.07, 6.45) is 5.88. The number of aromatic nitrogens is 4. The summed E-state index contributed by atoms with van der Waals surface area (Å²) in [4.78, 5) is 19.6. The Morgan fingerprint density at radius 3 is 2.68 bits per heavy atom. The van der Waals surface area contributed by atoms with Gasteiger partial charge in [-0.1, -0.05) is 13.5 Å². The monoisotopic (exact) mass is 417 g/mol. The van der Waals surface area contributed by atoms with Gasteiger partial charge in [0.15, 0.2) is 0 Å². The van der Waals surface area contributed by atoms with Crippen LogP contribution in [0.2, 0.25) is 0 Å². The quantitative estimate of drug-likeness (QED) is 0.669. The molecule has 2 aromatic heterocycles. The third-order valence-electron chi connectivity index (χ3n) is 5.30. The maximum absolute atomic E-state index is 9.57. The van der Waals surface area contributed by atoms with E-state index in [9.17, 15) is 5.26 Å². The van der Waals surface area contributed by atoms with Crippen molar-refractivity contribution in [2.45, 2.75) is 40.3 Å². The molecule has 0 aliphatic carbocycles. The fraction of sp³-hybridized carbons (Fsp3) is 0.348. The molecular formula is C23H27N7O. The van der Waals surface area contributed by atoms with Crippen molar-refractivity contribution in [3.05, 3.63) is 64.9 Å². The standard InChI is InChI=1S/C22H23N7O.CH4/c1-14-4-5-20(16(8-14)9-23)29-7-6-19-18(12-29)21(27-13-26-19)28-15(2)17-10-24-22(30-3)25-11-17;/h4-5,8,10-11,13,15H,6-7,12H2,1-3H3,(H,26,27,28);1H4/t15-;/m1./s1. The van der Waals surface area contributed by atoms with Crippen LogP contribution >= 0.6 is 0 Å². The number of benzene rings is 1. The first kappa shape index (κ1) is 22.0. The van der Waals surface area contributed by atoms with Crippen LogP contribution in [0.4, 0.5) is 11.5 Å². The summed E-state index contributed by atoms with van der Waals surface area (Å²) in [5.41, 5.74) is 5.73. The van der Waals surface area contributed by atoms with Crippen molar-refractivity contribution < 1.29 is 4.74 Å². The zero-order chi connectivity index (χ0) is 21.1. The van der Waals surface area contributed by atoms with Gasteiger partial charge in [0.25, 0.3) is 0 Å². The van der Waals surface area contributed by atoms with Crippen LogP contribution in [-0.4, -0.2) is 33.6 Å². The minimum atomic E-state index is -0.0423. The number of hydrogen-bond acceptors (Lipinski definition) is 8. The molecule has 0 saturated carbocycles. The first-order valence-electron chi connectivity index (χ1n) is 9.80. The summed E-state index contributed by atoms with van der Waals surface area (Å²) in [7, 11) is 1.54. The summed E-state index contributed by atoms with van der Waals surface area (Å²) in [6.45, 7) is 5.48. The molecule has 0 bridgehead atoms. The lowest BCUT2D eigenvalue weighted by molar-refractivity contribution is 0.379. The van der Waals surface area contributed by atoms with E-state index in [1.807, 2.05) is 32.0 Å². The van der Waals surface area contributed by atoms with Gasteiger partial charge in [0.1, 0.15) is 18.2 Å². The molecular weight excluding hydrogens is 390 g/mol. The van der Waals surface area contributed by atoms with Crippen LogP contribution in [0, 0.1) is 18.3 Å². The zero-order valence-electron chi connectivity index (χ0n) is 17.3. The number of fused-ring (bicyclic) bond motifs is 1. The van der Waals surface area contributed by atoms with Crippen molar-refractivity contribution in [3.8, 4) is 12.1 Å². The molecule has 0 radical (unpaired) electrons. The molecule has 8 heteroatoms. The number of rotatable bonds is 5. The third-order valence-corrected chi connectivity index (χ3v) is 5.30. The zero-order valence-corrected chi connectivity index (χ0v) is 17.3. The average Bonchev–Trinajstić information content (AvgIpc) is 2.79. The lowest BCUT2D eigenvalue weighted by Crippen LogP contribution is -2.32. The number of nitrogens with one attached hydrogen (secondary N) is 1. The second kappa shape index (κ2) is 9.39. The molecule has 4 rings (SSSR count). The van der Waals surface area contributed by atoms with E-state index in [2.05, 4.69) is 36.2 Å². The van der Waals surface area contributed by atoms with Crippen molar-refractivity contribution in [3.63, 3.8) is 0 Å². The van der Waals surface area contributed by atoms with Gasteiger partial charge in [-0.3, -0.25) is 0 Å². The van der Waals surface area contributed by atoms with E-state index in [0.717, 1.165) is 46.9 Å². The Morgan fingerprint density at radius 1 is 1.19 bits per heavy atom. The summed E-state index contributed by atoms with van der Waals surface area (Å²) in [5, 5.41) is 13.0. The molecule has 0 amide bonds. The van der Waals surface area contributed by atoms with Crippen LogP contribution in [0.1, 0.15) is 48.3 Å². The normalized spacial score (nSPS) is 13.4. The van der Waals surface area contributed by atoms with Crippen LogP contribution in [0.15, 0.2) is 36.9 Å². The van der Waals surface area contributed by atoms with E-state index >= 15 is 0 Å². The first-order valence-corrected chi connectivity index (χ1v) is 9.80. The van der Waals surface area contributed by atoms with Crippen LogP contribution in [-0.2, 0) is 13.0 Å². The maximum atomic E-state index is 9.57. The fourth-order valence-electron chi connectivity index (χ4n) is 3.63. The van der Waals surface area contributed by atoms with Gasteiger partial charge in [0, 0.05) is 43.0 Å². The van der Waals surface area contributed by atoms with Crippen molar-refractivity contribution in [1.29, 1.82) is 5.26 Å². The highest BCUT2D eigenvalue weighted by atomic mass is 16.5. The molecule has 0 unspecified atom stereocenters. The van der Waals surface area contributed by atoms with Gasteiger partial charge in [-0.25, -0.2) is 19.9 Å². The third kappa shape index (κ3) is 4.56. The predicted molar refractivity (Wildman–Crippen MR) is 120 cm³/mol. The number of nitrogens with zero attached hydrogens (tertiary/aromatic N) is 6. The maximum Gasteiger partial charge on any atom is 0.316 e. The molecule has 1 N–H and O–H groups in total. The fourth-order valence-corrected chi connectivity index (χ4v) is 3.63. The van der Waals surface area contributed by atoms with E-state index in [-0.39, 0.29) is 13.5 Å². The number of anilines is 2. The second-order valence-electron chi connectivity index (χ2n) is 7.32. The van der Waals surface area contributed by atoms with Gasteiger partial charge in [0.2, 0.25) is 0 Å². The molecule has 0 saturated heterocycles. The highest BCUT2D eigenvalue weighted by Gasteiger charge is 2.24. The Kier molecular flexibility index (Phi) is 6.65. The molecule has 3 aromatic rings. The summed E-state index contributed by atoms with van der Waals surface area (Å²) in [6, 6.07) is 8.61. The Labute approximate surface area is 183 Å².